The normalized spacial score (nSPS) is 13.5. The van der Waals surface area contributed by atoms with Crippen LogP contribution in [0.5, 0.6) is 0 Å². The van der Waals surface area contributed by atoms with Gasteiger partial charge >= 0.3 is 17.9 Å². The van der Waals surface area contributed by atoms with Gasteiger partial charge in [-0.05, 0) is 24.8 Å². The first kappa shape index (κ1) is 33.3. The molecule has 0 aromatic heterocycles. The Kier molecular flexibility index (Phi) is 14.1. The Hall–Kier alpha value is -4.73. The molecule has 1 aromatic rings. The molecule has 0 saturated heterocycles. The predicted octanol–water partition coefficient (Wildman–Crippen LogP) is -2.51. The second kappa shape index (κ2) is 17.0. The van der Waals surface area contributed by atoms with Crippen molar-refractivity contribution in [2.45, 2.75) is 62.7 Å². The van der Waals surface area contributed by atoms with E-state index in [1.807, 2.05) is 0 Å². The third kappa shape index (κ3) is 13.2. The number of carboxylic acids is 3. The number of guanidine groups is 1. The van der Waals surface area contributed by atoms with E-state index in [0.717, 1.165) is 0 Å². The molecular weight excluding hydrogens is 530 g/mol. The molecule has 0 aliphatic heterocycles. The SMILES string of the molecule is NC(N)=NCCCC(NC(=O)C(N)CC(=O)O)C(=O)NC(Cc1ccccc1)C(=O)NC(CCC(=O)O)C(=O)O. The zero-order chi connectivity index (χ0) is 30.2. The van der Waals surface area contributed by atoms with Crippen molar-refractivity contribution in [1.82, 2.24) is 16.0 Å². The zero-order valence-corrected chi connectivity index (χ0v) is 21.6. The van der Waals surface area contributed by atoms with Crippen molar-refractivity contribution in [2.24, 2.45) is 22.2 Å². The first-order valence-electron chi connectivity index (χ1n) is 12.2. The van der Waals surface area contributed by atoms with Crippen LogP contribution in [0.2, 0.25) is 0 Å². The van der Waals surface area contributed by atoms with Crippen LogP contribution in [-0.4, -0.2) is 87.6 Å². The summed E-state index contributed by atoms with van der Waals surface area (Å²) in [6.45, 7) is 0.0982. The summed E-state index contributed by atoms with van der Waals surface area (Å²) < 4.78 is 0. The van der Waals surface area contributed by atoms with Gasteiger partial charge < -0.3 is 48.5 Å². The van der Waals surface area contributed by atoms with Gasteiger partial charge in [0, 0.05) is 19.4 Å². The number of nitrogens with zero attached hydrogens (tertiary/aromatic N) is 1. The molecule has 0 spiro atoms. The Bertz CT molecular complexity index is 1080. The molecule has 220 valence electrons. The molecule has 0 bridgehead atoms. The van der Waals surface area contributed by atoms with Gasteiger partial charge in [-0.3, -0.25) is 29.0 Å². The fraction of sp³-hybridized carbons (Fsp3) is 0.458. The van der Waals surface area contributed by atoms with Gasteiger partial charge in [0.05, 0.1) is 12.5 Å². The van der Waals surface area contributed by atoms with Crippen molar-refractivity contribution in [3.8, 4) is 0 Å². The minimum Gasteiger partial charge on any atom is -0.481 e. The van der Waals surface area contributed by atoms with Gasteiger partial charge in [-0.25, -0.2) is 4.79 Å². The Morgan fingerprint density at radius 3 is 1.90 bits per heavy atom. The van der Waals surface area contributed by atoms with Gasteiger partial charge in [0.2, 0.25) is 17.7 Å². The van der Waals surface area contributed by atoms with E-state index in [1.54, 1.807) is 30.3 Å². The molecule has 0 aliphatic rings. The number of hydrogen-bond donors (Lipinski definition) is 9. The summed E-state index contributed by atoms with van der Waals surface area (Å²) in [4.78, 5) is 76.0. The number of nitrogens with one attached hydrogen (secondary N) is 3. The average molecular weight is 566 g/mol. The summed E-state index contributed by atoms with van der Waals surface area (Å²) in [7, 11) is 0. The molecule has 4 unspecified atom stereocenters. The highest BCUT2D eigenvalue weighted by Gasteiger charge is 2.31. The number of rotatable bonds is 18. The Balaban J connectivity index is 3.16. The number of carbonyl (C=O) groups excluding carboxylic acids is 3. The number of nitrogens with two attached hydrogens (primary N) is 3. The number of carbonyl (C=O) groups is 6. The van der Waals surface area contributed by atoms with E-state index in [2.05, 4.69) is 20.9 Å². The van der Waals surface area contributed by atoms with Crippen molar-refractivity contribution >= 4 is 41.6 Å². The number of hydrogen-bond acceptors (Lipinski definition) is 8. The number of aliphatic carboxylic acids is 3. The van der Waals surface area contributed by atoms with Crippen molar-refractivity contribution in [3.63, 3.8) is 0 Å². The average Bonchev–Trinajstić information content (AvgIpc) is 2.87. The lowest BCUT2D eigenvalue weighted by Gasteiger charge is -2.25. The van der Waals surface area contributed by atoms with Crippen LogP contribution in [0.1, 0.15) is 37.7 Å². The maximum Gasteiger partial charge on any atom is 0.326 e. The van der Waals surface area contributed by atoms with Crippen LogP contribution in [0.4, 0.5) is 0 Å². The Morgan fingerprint density at radius 1 is 0.775 bits per heavy atom. The molecule has 12 N–H and O–H groups in total. The first-order valence-corrected chi connectivity index (χ1v) is 12.2. The molecule has 0 heterocycles. The second-order valence-corrected chi connectivity index (χ2v) is 8.80. The maximum atomic E-state index is 13.2. The molecule has 16 nitrogen and oxygen atoms in total. The summed E-state index contributed by atoms with van der Waals surface area (Å²) >= 11 is 0. The van der Waals surface area contributed by atoms with Gasteiger partial charge in [0.1, 0.15) is 18.1 Å². The minimum absolute atomic E-state index is 0.0236. The summed E-state index contributed by atoms with van der Waals surface area (Å²) in [5.41, 5.74) is 16.8. The number of aliphatic imine (C=N–C) groups is 1. The maximum absolute atomic E-state index is 13.2. The highest BCUT2D eigenvalue weighted by atomic mass is 16.4. The van der Waals surface area contributed by atoms with E-state index in [9.17, 15) is 33.9 Å². The van der Waals surface area contributed by atoms with Gasteiger partial charge in [-0.1, -0.05) is 30.3 Å². The minimum atomic E-state index is -1.54. The lowest BCUT2D eigenvalue weighted by atomic mass is 10.0. The van der Waals surface area contributed by atoms with E-state index in [-0.39, 0.29) is 31.8 Å². The van der Waals surface area contributed by atoms with E-state index in [4.69, 9.17) is 27.4 Å². The van der Waals surface area contributed by atoms with Crippen LogP contribution in [0, 0.1) is 0 Å². The summed E-state index contributed by atoms with van der Waals surface area (Å²) in [6.07, 6.45) is -1.50. The van der Waals surface area contributed by atoms with E-state index < -0.39 is 79.1 Å². The topological polar surface area (TPSA) is 290 Å². The molecule has 3 amide bonds. The number of amides is 3. The van der Waals surface area contributed by atoms with Gasteiger partial charge in [0.25, 0.3) is 0 Å². The van der Waals surface area contributed by atoms with E-state index in [0.29, 0.717) is 5.56 Å². The summed E-state index contributed by atoms with van der Waals surface area (Å²) in [5.74, 6) is -6.90. The molecule has 0 radical (unpaired) electrons. The van der Waals surface area contributed by atoms with Gasteiger partial charge in [-0.2, -0.15) is 0 Å². The second-order valence-electron chi connectivity index (χ2n) is 8.80. The summed E-state index contributed by atoms with van der Waals surface area (Å²) in [6, 6.07) is 2.84. The van der Waals surface area contributed by atoms with Crippen molar-refractivity contribution < 1.29 is 44.1 Å². The number of benzene rings is 1. The third-order valence-electron chi connectivity index (χ3n) is 5.49. The largest absolute Gasteiger partial charge is 0.481 e. The van der Waals surface area contributed by atoms with Crippen molar-refractivity contribution in [3.05, 3.63) is 35.9 Å². The Morgan fingerprint density at radius 2 is 1.35 bits per heavy atom. The lowest BCUT2D eigenvalue weighted by Crippen LogP contribution is -2.57. The summed E-state index contributed by atoms with van der Waals surface area (Å²) in [5, 5.41) is 34.3. The molecule has 0 saturated carbocycles. The van der Waals surface area contributed by atoms with Crippen LogP contribution in [0.25, 0.3) is 0 Å². The molecule has 40 heavy (non-hydrogen) atoms. The van der Waals surface area contributed by atoms with Crippen molar-refractivity contribution in [2.75, 3.05) is 6.54 Å². The Labute approximate surface area is 229 Å². The van der Waals surface area contributed by atoms with Crippen LogP contribution >= 0.6 is 0 Å². The smallest absolute Gasteiger partial charge is 0.326 e. The molecule has 4 atom stereocenters. The van der Waals surface area contributed by atoms with E-state index in [1.165, 1.54) is 0 Å². The molecule has 1 aromatic carbocycles. The van der Waals surface area contributed by atoms with Crippen molar-refractivity contribution in [1.29, 1.82) is 0 Å². The molecular formula is C24H35N7O9. The fourth-order valence-electron chi connectivity index (χ4n) is 3.46. The predicted molar refractivity (Wildman–Crippen MR) is 141 cm³/mol. The zero-order valence-electron chi connectivity index (χ0n) is 21.6. The lowest BCUT2D eigenvalue weighted by molar-refractivity contribution is -0.143. The fourth-order valence-corrected chi connectivity index (χ4v) is 3.46. The first-order chi connectivity index (χ1) is 18.8. The standard InChI is InChI=1S/C24H35N7O9/c25-14(12-19(34)35)20(36)29-15(7-4-10-28-24(26)27)21(37)31-17(11-13-5-2-1-3-6-13)22(38)30-16(23(39)40)8-9-18(32)33/h1-3,5-6,14-17H,4,7-12,25H2,(H,29,36)(H,30,38)(H,31,37)(H,32,33)(H,34,35)(H,39,40)(H4,26,27,28). The van der Waals surface area contributed by atoms with E-state index >= 15 is 0 Å². The van der Waals surface area contributed by atoms with Crippen LogP contribution in [-0.2, 0) is 35.2 Å². The van der Waals surface area contributed by atoms with Gasteiger partial charge in [-0.15, -0.1) is 0 Å². The molecule has 0 aliphatic carbocycles. The highest BCUT2D eigenvalue weighted by molar-refractivity contribution is 5.95. The molecule has 1 rings (SSSR count). The molecule has 16 heteroatoms. The van der Waals surface area contributed by atoms with Crippen LogP contribution < -0.4 is 33.2 Å². The third-order valence-corrected chi connectivity index (χ3v) is 5.49. The quantitative estimate of drug-likeness (QED) is 0.0506. The van der Waals surface area contributed by atoms with Crippen LogP contribution in [0.15, 0.2) is 35.3 Å². The monoisotopic (exact) mass is 565 g/mol. The number of carboxylic acid groups (broad SMARTS) is 3. The van der Waals surface area contributed by atoms with Crippen LogP contribution in [0.3, 0.4) is 0 Å². The van der Waals surface area contributed by atoms with Gasteiger partial charge in [0.15, 0.2) is 5.96 Å². The highest BCUT2D eigenvalue weighted by Crippen LogP contribution is 2.08. The molecule has 0 fully saturated rings.